The molecule has 0 saturated carbocycles. The second kappa shape index (κ2) is 24.5. The van der Waals surface area contributed by atoms with Crippen molar-refractivity contribution < 1.29 is 19.5 Å². The number of unbranched alkanes of at least 4 members (excludes halogenated alkanes) is 11. The van der Waals surface area contributed by atoms with Crippen LogP contribution in [-0.4, -0.2) is 56.2 Å². The number of ether oxygens (including phenoxy) is 2. The van der Waals surface area contributed by atoms with Gasteiger partial charge >= 0.3 is 0 Å². The number of aldehydes is 1. The van der Waals surface area contributed by atoms with Gasteiger partial charge < -0.3 is 19.5 Å². The lowest BCUT2D eigenvalue weighted by Crippen LogP contribution is -2.34. The molecule has 0 amide bonds. The molecule has 168 valence electrons. The van der Waals surface area contributed by atoms with E-state index in [2.05, 4.69) is 17.3 Å². The second-order valence-electron chi connectivity index (χ2n) is 7.57. The Balaban J connectivity index is 3.35. The van der Waals surface area contributed by atoms with Crippen molar-refractivity contribution in [3.63, 3.8) is 0 Å². The summed E-state index contributed by atoms with van der Waals surface area (Å²) in [6, 6.07) is 0. The molecule has 0 fully saturated rings. The van der Waals surface area contributed by atoms with E-state index in [1.807, 2.05) is 0 Å². The second-order valence-corrected chi connectivity index (χ2v) is 7.57. The molecule has 0 atom stereocenters. The van der Waals surface area contributed by atoms with Gasteiger partial charge in [-0.05, 0) is 45.2 Å². The van der Waals surface area contributed by atoms with E-state index in [9.17, 15) is 4.79 Å². The van der Waals surface area contributed by atoms with E-state index >= 15 is 0 Å². The van der Waals surface area contributed by atoms with Crippen LogP contribution in [0, 0.1) is 0 Å². The molecule has 0 aliphatic heterocycles. The van der Waals surface area contributed by atoms with Crippen molar-refractivity contribution >= 4 is 6.29 Å². The van der Waals surface area contributed by atoms with E-state index in [0.717, 1.165) is 77.5 Å². The van der Waals surface area contributed by atoms with Gasteiger partial charge in [-0.3, -0.25) is 4.90 Å². The van der Waals surface area contributed by atoms with Crippen LogP contribution in [0.2, 0.25) is 0 Å². The highest BCUT2D eigenvalue weighted by Crippen LogP contribution is 2.07. The quantitative estimate of drug-likeness (QED) is 0.104. The molecule has 0 aliphatic rings. The van der Waals surface area contributed by atoms with E-state index in [0.29, 0.717) is 19.9 Å². The SMILES string of the molecule is CCCCCCOCOCCCCCCCN(CCCCCCC=O)CNO. The third kappa shape index (κ3) is 21.8. The predicted molar refractivity (Wildman–Crippen MR) is 115 cm³/mol. The lowest BCUT2D eigenvalue weighted by molar-refractivity contribution is -0.107. The van der Waals surface area contributed by atoms with Crippen molar-refractivity contribution in [3.8, 4) is 0 Å². The molecular weight excluding hydrogens is 356 g/mol. The Labute approximate surface area is 173 Å². The number of hydrogen-bond acceptors (Lipinski definition) is 6. The monoisotopic (exact) mass is 402 g/mol. The molecule has 0 aromatic heterocycles. The van der Waals surface area contributed by atoms with Gasteiger partial charge in [0.05, 0.1) is 6.67 Å². The lowest BCUT2D eigenvalue weighted by Gasteiger charge is -2.21. The van der Waals surface area contributed by atoms with E-state index < -0.39 is 0 Å². The minimum Gasteiger partial charge on any atom is -0.355 e. The van der Waals surface area contributed by atoms with Crippen molar-refractivity contribution in [2.75, 3.05) is 39.8 Å². The minimum atomic E-state index is 0.435. The molecule has 28 heavy (non-hydrogen) atoms. The fourth-order valence-electron chi connectivity index (χ4n) is 3.16. The highest BCUT2D eigenvalue weighted by molar-refractivity contribution is 5.48. The summed E-state index contributed by atoms with van der Waals surface area (Å²) < 4.78 is 11.0. The summed E-state index contributed by atoms with van der Waals surface area (Å²) in [7, 11) is 0. The molecule has 0 saturated heterocycles. The van der Waals surface area contributed by atoms with Crippen LogP contribution in [-0.2, 0) is 14.3 Å². The Hall–Kier alpha value is -0.530. The largest absolute Gasteiger partial charge is 0.355 e. The normalized spacial score (nSPS) is 11.4. The van der Waals surface area contributed by atoms with E-state index in [1.54, 1.807) is 0 Å². The molecule has 0 aromatic carbocycles. The lowest BCUT2D eigenvalue weighted by atomic mass is 10.1. The van der Waals surface area contributed by atoms with Gasteiger partial charge in [-0.1, -0.05) is 58.3 Å². The zero-order valence-electron chi connectivity index (χ0n) is 18.3. The maximum Gasteiger partial charge on any atom is 0.146 e. The fraction of sp³-hybridized carbons (Fsp3) is 0.955. The van der Waals surface area contributed by atoms with Crippen LogP contribution < -0.4 is 5.48 Å². The summed E-state index contributed by atoms with van der Waals surface area (Å²) in [4.78, 5) is 12.6. The Morgan fingerprint density at radius 1 is 0.786 bits per heavy atom. The van der Waals surface area contributed by atoms with Crippen LogP contribution in [0.15, 0.2) is 0 Å². The summed E-state index contributed by atoms with van der Waals surface area (Å²) in [5, 5.41) is 8.97. The molecular formula is C22H46N2O4. The minimum absolute atomic E-state index is 0.435. The van der Waals surface area contributed by atoms with Crippen LogP contribution in [0.25, 0.3) is 0 Å². The highest BCUT2D eigenvalue weighted by atomic mass is 16.7. The Morgan fingerprint density at radius 2 is 1.32 bits per heavy atom. The Kier molecular flexibility index (Phi) is 24.0. The molecule has 0 rings (SSSR count). The van der Waals surface area contributed by atoms with Gasteiger partial charge in [-0.2, -0.15) is 5.48 Å². The first-order valence-electron chi connectivity index (χ1n) is 11.5. The molecule has 2 N–H and O–H groups in total. The first-order chi connectivity index (χ1) is 13.8. The summed E-state index contributed by atoms with van der Waals surface area (Å²) >= 11 is 0. The van der Waals surface area contributed by atoms with Crippen molar-refractivity contribution in [1.82, 2.24) is 10.4 Å². The molecule has 0 radical (unpaired) electrons. The average molecular weight is 403 g/mol. The Bertz CT molecular complexity index is 306. The summed E-state index contributed by atoms with van der Waals surface area (Å²) in [6.07, 6.45) is 16.9. The van der Waals surface area contributed by atoms with Crippen LogP contribution >= 0.6 is 0 Å². The Morgan fingerprint density at radius 3 is 1.89 bits per heavy atom. The van der Waals surface area contributed by atoms with Crippen molar-refractivity contribution in [3.05, 3.63) is 0 Å². The first kappa shape index (κ1) is 27.5. The standard InChI is InChI=1S/C22H46N2O4/c1-2-3-4-14-19-27-22-28-20-15-10-6-8-12-17-24(21-23-26)16-11-7-5-9-13-18-25/h18,23,26H,2-17,19-22H2,1H3. The van der Waals surface area contributed by atoms with Crippen molar-refractivity contribution in [1.29, 1.82) is 0 Å². The van der Waals surface area contributed by atoms with Crippen molar-refractivity contribution in [2.24, 2.45) is 0 Å². The predicted octanol–water partition coefficient (Wildman–Crippen LogP) is 4.90. The topological polar surface area (TPSA) is 71.0 Å². The van der Waals surface area contributed by atoms with E-state index in [4.69, 9.17) is 14.7 Å². The van der Waals surface area contributed by atoms with Gasteiger partial charge in [0.15, 0.2) is 0 Å². The summed E-state index contributed by atoms with van der Waals surface area (Å²) in [5.41, 5.74) is 2.28. The van der Waals surface area contributed by atoms with Gasteiger partial charge in [0.1, 0.15) is 13.1 Å². The maximum atomic E-state index is 10.3. The third-order valence-corrected chi connectivity index (χ3v) is 4.91. The number of carbonyl (C=O) groups is 1. The number of nitrogens with one attached hydrogen (secondary N) is 1. The van der Waals surface area contributed by atoms with Gasteiger partial charge in [-0.25, -0.2) is 0 Å². The first-order valence-corrected chi connectivity index (χ1v) is 11.5. The third-order valence-electron chi connectivity index (χ3n) is 4.91. The van der Waals surface area contributed by atoms with Crippen LogP contribution in [0.4, 0.5) is 0 Å². The molecule has 0 aliphatic carbocycles. The number of hydrogen-bond donors (Lipinski definition) is 2. The smallest absolute Gasteiger partial charge is 0.146 e. The number of rotatable bonds is 24. The molecule has 0 unspecified atom stereocenters. The van der Waals surface area contributed by atoms with Gasteiger partial charge in [0, 0.05) is 19.6 Å². The zero-order valence-corrected chi connectivity index (χ0v) is 18.3. The van der Waals surface area contributed by atoms with Crippen LogP contribution in [0.5, 0.6) is 0 Å². The molecule has 0 heterocycles. The van der Waals surface area contributed by atoms with Crippen LogP contribution in [0.3, 0.4) is 0 Å². The molecule has 0 bridgehead atoms. The fourth-order valence-corrected chi connectivity index (χ4v) is 3.16. The van der Waals surface area contributed by atoms with Crippen molar-refractivity contribution in [2.45, 2.75) is 96.8 Å². The molecule has 0 aromatic rings. The van der Waals surface area contributed by atoms with Gasteiger partial charge in [-0.15, -0.1) is 0 Å². The molecule has 0 spiro atoms. The van der Waals surface area contributed by atoms with Gasteiger partial charge in [0.2, 0.25) is 0 Å². The van der Waals surface area contributed by atoms with E-state index in [1.165, 1.54) is 38.5 Å². The number of carbonyl (C=O) groups excluding carboxylic acids is 1. The summed E-state index contributed by atoms with van der Waals surface area (Å²) in [6.45, 7) is 6.81. The average Bonchev–Trinajstić information content (AvgIpc) is 2.70. The molecule has 6 nitrogen and oxygen atoms in total. The summed E-state index contributed by atoms with van der Waals surface area (Å²) in [5.74, 6) is 0. The maximum absolute atomic E-state index is 10.3. The van der Waals surface area contributed by atoms with Crippen LogP contribution in [0.1, 0.15) is 96.8 Å². The number of nitrogens with zero attached hydrogens (tertiary/aromatic N) is 1. The van der Waals surface area contributed by atoms with Gasteiger partial charge in [0.25, 0.3) is 0 Å². The molecule has 6 heteroatoms. The number of hydroxylamine groups is 1. The highest BCUT2D eigenvalue weighted by Gasteiger charge is 2.03. The zero-order chi connectivity index (χ0) is 20.5. The van der Waals surface area contributed by atoms with E-state index in [-0.39, 0.29) is 0 Å².